The van der Waals surface area contributed by atoms with Crippen LogP contribution < -0.4 is 0 Å². The Hall–Kier alpha value is -0.950. The highest BCUT2D eigenvalue weighted by Crippen LogP contribution is 2.24. The van der Waals surface area contributed by atoms with Crippen molar-refractivity contribution in [3.05, 3.63) is 10.5 Å². The Morgan fingerprint density at radius 3 is 2.80 bits per heavy atom. The van der Waals surface area contributed by atoms with Gasteiger partial charge < -0.3 is 4.98 Å². The van der Waals surface area contributed by atoms with Crippen LogP contribution in [0.2, 0.25) is 0 Å². The van der Waals surface area contributed by atoms with Crippen molar-refractivity contribution in [2.75, 3.05) is 12.0 Å². The molecule has 2 unspecified atom stereocenters. The molecular weight excluding hydrogens is 292 g/mol. The normalized spacial score (nSPS) is 14.8. The molecule has 0 radical (unpaired) electrons. The minimum atomic E-state index is -0.771. The minimum absolute atomic E-state index is 0.213. The summed E-state index contributed by atoms with van der Waals surface area (Å²) in [7, 11) is 1.18. The first-order valence-electron chi connectivity index (χ1n) is 6.91. The summed E-state index contributed by atoms with van der Waals surface area (Å²) in [5.74, 6) is 0.690. The zero-order valence-corrected chi connectivity index (χ0v) is 14.1. The lowest BCUT2D eigenvalue weighted by atomic mass is 10.2. The van der Waals surface area contributed by atoms with Gasteiger partial charge in [0.05, 0.1) is 5.69 Å². The van der Waals surface area contributed by atoms with Gasteiger partial charge in [0.25, 0.3) is 0 Å². The van der Waals surface area contributed by atoms with E-state index in [-0.39, 0.29) is 6.04 Å². The van der Waals surface area contributed by atoms with Crippen molar-refractivity contribution in [3.8, 4) is 0 Å². The smallest absolute Gasteiger partial charge is 0.179 e. The lowest BCUT2D eigenvalue weighted by Crippen LogP contribution is -2.11. The van der Waals surface area contributed by atoms with Gasteiger partial charge in [-0.2, -0.15) is 5.10 Å². The van der Waals surface area contributed by atoms with Crippen LogP contribution in [-0.4, -0.2) is 35.5 Å². The van der Waals surface area contributed by atoms with Crippen LogP contribution >= 0.6 is 12.2 Å². The molecule has 0 bridgehead atoms. The number of aromatic nitrogens is 4. The van der Waals surface area contributed by atoms with E-state index in [1.54, 1.807) is 6.26 Å². The van der Waals surface area contributed by atoms with Gasteiger partial charge >= 0.3 is 0 Å². The van der Waals surface area contributed by atoms with E-state index < -0.39 is 10.8 Å². The van der Waals surface area contributed by atoms with E-state index in [1.807, 2.05) is 11.7 Å². The number of hydrogen-bond acceptors (Lipinski definition) is 3. The van der Waals surface area contributed by atoms with Gasteiger partial charge in [0.2, 0.25) is 0 Å². The Kier molecular flexibility index (Phi) is 4.80. The van der Waals surface area contributed by atoms with E-state index in [1.165, 1.54) is 0 Å². The Balaban J connectivity index is 2.45. The zero-order valence-electron chi connectivity index (χ0n) is 12.5. The number of fused-ring (bicyclic) bond motifs is 1. The van der Waals surface area contributed by atoms with Crippen molar-refractivity contribution in [1.82, 2.24) is 19.3 Å². The summed E-state index contributed by atoms with van der Waals surface area (Å²) in [5.41, 5.74) is 3.15. The van der Waals surface area contributed by atoms with Gasteiger partial charge in [-0.25, -0.2) is 0 Å². The monoisotopic (exact) mass is 314 g/mol. The lowest BCUT2D eigenvalue weighted by Gasteiger charge is -2.13. The summed E-state index contributed by atoms with van der Waals surface area (Å²) in [6.07, 6.45) is 4.59. The molecule has 0 aliphatic heterocycles. The van der Waals surface area contributed by atoms with Crippen molar-refractivity contribution in [2.24, 2.45) is 7.05 Å². The van der Waals surface area contributed by atoms with Crippen molar-refractivity contribution >= 4 is 34.2 Å². The maximum atomic E-state index is 11.3. The molecule has 0 fully saturated rings. The largest absolute Gasteiger partial charge is 0.328 e. The molecule has 20 heavy (non-hydrogen) atoms. The number of nitrogens with one attached hydrogen (secondary N) is 1. The van der Waals surface area contributed by atoms with E-state index in [2.05, 4.69) is 28.5 Å². The van der Waals surface area contributed by atoms with Crippen molar-refractivity contribution in [2.45, 2.75) is 39.2 Å². The lowest BCUT2D eigenvalue weighted by molar-refractivity contribution is 0.526. The van der Waals surface area contributed by atoms with Crippen LogP contribution in [0.1, 0.15) is 38.4 Å². The molecule has 112 valence electrons. The van der Waals surface area contributed by atoms with Gasteiger partial charge in [-0.15, -0.1) is 0 Å². The molecule has 0 spiro atoms. The summed E-state index contributed by atoms with van der Waals surface area (Å²) in [4.78, 5) is 3.29. The number of H-pyrrole nitrogens is 1. The highest BCUT2D eigenvalue weighted by molar-refractivity contribution is 7.84. The molecular formula is C13H22N4OS2. The van der Waals surface area contributed by atoms with Gasteiger partial charge in [0, 0.05) is 35.9 Å². The first-order chi connectivity index (χ1) is 9.45. The number of rotatable bonds is 6. The molecule has 0 aliphatic rings. The Morgan fingerprint density at radius 1 is 1.50 bits per heavy atom. The molecule has 1 N–H and O–H groups in total. The van der Waals surface area contributed by atoms with Crippen LogP contribution in [0.15, 0.2) is 0 Å². The summed E-state index contributed by atoms with van der Waals surface area (Å²) in [6, 6.07) is 0.213. The molecule has 2 aromatic heterocycles. The molecule has 7 heteroatoms. The second-order valence-electron chi connectivity index (χ2n) is 5.23. The highest BCUT2D eigenvalue weighted by atomic mass is 32.2. The molecule has 2 aromatic rings. The van der Waals surface area contributed by atoms with Crippen molar-refractivity contribution in [3.63, 3.8) is 0 Å². The Labute approximate surface area is 126 Å². The first kappa shape index (κ1) is 15.4. The fourth-order valence-corrected chi connectivity index (χ4v) is 3.56. The molecule has 0 amide bonds. The van der Waals surface area contributed by atoms with E-state index in [0.29, 0.717) is 5.75 Å². The van der Waals surface area contributed by atoms with Gasteiger partial charge in [0.1, 0.15) is 5.52 Å². The number of nitrogens with zero attached hydrogens (tertiary/aromatic N) is 3. The maximum Gasteiger partial charge on any atom is 0.179 e. The van der Waals surface area contributed by atoms with Crippen LogP contribution in [-0.2, 0) is 24.3 Å². The summed E-state index contributed by atoms with van der Waals surface area (Å²) in [5, 5.41) is 4.58. The SMILES string of the molecule is CCCc1nn(C)c2c1[nH]c(=S)n2C(C)CCS(C)=O. The van der Waals surface area contributed by atoms with Crippen LogP contribution in [0.5, 0.6) is 0 Å². The summed E-state index contributed by atoms with van der Waals surface area (Å²) >= 11 is 5.46. The van der Waals surface area contributed by atoms with E-state index in [4.69, 9.17) is 12.2 Å². The van der Waals surface area contributed by atoms with Gasteiger partial charge in [-0.3, -0.25) is 13.5 Å². The topological polar surface area (TPSA) is 55.6 Å². The summed E-state index contributed by atoms with van der Waals surface area (Å²) in [6.45, 7) is 4.26. The number of aryl methyl sites for hydroxylation is 2. The van der Waals surface area contributed by atoms with Gasteiger partial charge in [-0.05, 0) is 32.0 Å². The molecule has 0 aromatic carbocycles. The highest BCUT2D eigenvalue weighted by Gasteiger charge is 2.18. The average Bonchev–Trinajstić information content (AvgIpc) is 2.85. The van der Waals surface area contributed by atoms with Gasteiger partial charge in [-0.1, -0.05) is 13.3 Å². The third-order valence-corrected chi connectivity index (χ3v) is 4.63. The van der Waals surface area contributed by atoms with E-state index in [9.17, 15) is 4.21 Å². The predicted molar refractivity (Wildman–Crippen MR) is 86.1 cm³/mol. The predicted octanol–water partition coefficient (Wildman–Crippen LogP) is 2.71. The number of imidazole rings is 1. The third-order valence-electron chi connectivity index (χ3n) is 3.52. The molecule has 0 saturated heterocycles. The van der Waals surface area contributed by atoms with E-state index in [0.717, 1.165) is 40.9 Å². The quantitative estimate of drug-likeness (QED) is 0.834. The van der Waals surface area contributed by atoms with Crippen molar-refractivity contribution < 1.29 is 4.21 Å². The van der Waals surface area contributed by atoms with Crippen molar-refractivity contribution in [1.29, 1.82) is 0 Å². The molecule has 5 nitrogen and oxygen atoms in total. The molecule has 2 atom stereocenters. The second-order valence-corrected chi connectivity index (χ2v) is 7.18. The Bertz CT molecular complexity index is 682. The fraction of sp³-hybridized carbons (Fsp3) is 0.692. The third kappa shape index (κ3) is 2.88. The average molecular weight is 314 g/mol. The minimum Gasteiger partial charge on any atom is -0.328 e. The fourth-order valence-electron chi connectivity index (χ4n) is 2.52. The summed E-state index contributed by atoms with van der Waals surface area (Å²) < 4.78 is 16.0. The second kappa shape index (κ2) is 6.22. The molecule has 2 rings (SSSR count). The maximum absolute atomic E-state index is 11.3. The van der Waals surface area contributed by atoms with Gasteiger partial charge in [0.15, 0.2) is 10.4 Å². The molecule has 0 saturated carbocycles. The first-order valence-corrected chi connectivity index (χ1v) is 9.05. The number of hydrogen-bond donors (Lipinski definition) is 1. The molecule has 2 heterocycles. The van der Waals surface area contributed by atoms with Crippen LogP contribution in [0.4, 0.5) is 0 Å². The zero-order chi connectivity index (χ0) is 14.9. The molecule has 0 aliphatic carbocycles. The van der Waals surface area contributed by atoms with Crippen LogP contribution in [0.3, 0.4) is 0 Å². The van der Waals surface area contributed by atoms with Crippen LogP contribution in [0, 0.1) is 4.77 Å². The van der Waals surface area contributed by atoms with Crippen LogP contribution in [0.25, 0.3) is 11.2 Å². The van der Waals surface area contributed by atoms with E-state index >= 15 is 0 Å². The Morgan fingerprint density at radius 2 is 2.20 bits per heavy atom. The standard InChI is InChI=1S/C13H22N4OS2/c1-5-6-10-11-12(16(3)15-10)17(13(19)14-11)9(2)7-8-20(4)18/h9H,5-8H2,1-4H3,(H,14,19). The number of aromatic amines is 1.